The first-order valence-electron chi connectivity index (χ1n) is 10.8. The highest BCUT2D eigenvalue weighted by molar-refractivity contribution is 5.93. The standard InChI is InChI=1S/C24H30N4O/c1-17-18(2)28(21-10-4-3-5-11-21)24(22(17)14-25)26-23(29)16-27-13-12-19-8-6-7-9-20(19)15-27/h6-9,21H,3-5,10-13,15-16H2,1-2H3,(H,26,29). The smallest absolute Gasteiger partial charge is 0.239 e. The Bertz CT molecular complexity index is 947. The lowest BCUT2D eigenvalue weighted by molar-refractivity contribution is -0.117. The molecule has 1 aromatic carbocycles. The van der Waals surface area contributed by atoms with E-state index in [0.29, 0.717) is 24.0 Å². The summed E-state index contributed by atoms with van der Waals surface area (Å²) in [6, 6.07) is 11.2. The number of aromatic nitrogens is 1. The second kappa shape index (κ2) is 8.42. The van der Waals surface area contributed by atoms with Gasteiger partial charge in [0.25, 0.3) is 0 Å². The fourth-order valence-corrected chi connectivity index (χ4v) is 4.95. The van der Waals surface area contributed by atoms with Crippen molar-refractivity contribution in [3.05, 3.63) is 52.2 Å². The molecule has 5 nitrogen and oxygen atoms in total. The second-order valence-corrected chi connectivity index (χ2v) is 8.49. The van der Waals surface area contributed by atoms with Crippen molar-refractivity contribution >= 4 is 11.7 Å². The molecule has 0 saturated heterocycles. The minimum atomic E-state index is -0.0320. The Labute approximate surface area is 173 Å². The molecule has 4 rings (SSSR count). The first kappa shape index (κ1) is 19.7. The first-order chi connectivity index (χ1) is 14.1. The van der Waals surface area contributed by atoms with Crippen LogP contribution in [0.3, 0.4) is 0 Å². The first-order valence-corrected chi connectivity index (χ1v) is 10.8. The zero-order chi connectivity index (χ0) is 20.4. The summed E-state index contributed by atoms with van der Waals surface area (Å²) in [7, 11) is 0. The summed E-state index contributed by atoms with van der Waals surface area (Å²) >= 11 is 0. The maximum Gasteiger partial charge on any atom is 0.239 e. The van der Waals surface area contributed by atoms with Crippen LogP contribution in [0.4, 0.5) is 5.82 Å². The van der Waals surface area contributed by atoms with Crippen LogP contribution >= 0.6 is 0 Å². The highest BCUT2D eigenvalue weighted by Gasteiger charge is 2.26. The van der Waals surface area contributed by atoms with Crippen molar-refractivity contribution in [3.8, 4) is 6.07 Å². The van der Waals surface area contributed by atoms with Crippen molar-refractivity contribution < 1.29 is 4.79 Å². The molecule has 152 valence electrons. The molecule has 1 saturated carbocycles. The van der Waals surface area contributed by atoms with E-state index in [1.54, 1.807) is 0 Å². The molecular weight excluding hydrogens is 360 g/mol. The zero-order valence-corrected chi connectivity index (χ0v) is 17.5. The molecule has 0 bridgehead atoms. The molecule has 2 aromatic rings. The molecule has 0 spiro atoms. The molecular formula is C24H30N4O. The summed E-state index contributed by atoms with van der Waals surface area (Å²) < 4.78 is 2.23. The van der Waals surface area contributed by atoms with Crippen molar-refractivity contribution in [1.82, 2.24) is 9.47 Å². The number of anilines is 1. The van der Waals surface area contributed by atoms with Gasteiger partial charge in [0.15, 0.2) is 0 Å². The van der Waals surface area contributed by atoms with Gasteiger partial charge < -0.3 is 9.88 Å². The van der Waals surface area contributed by atoms with E-state index in [1.807, 2.05) is 6.92 Å². The van der Waals surface area contributed by atoms with Crippen molar-refractivity contribution in [2.75, 3.05) is 18.4 Å². The van der Waals surface area contributed by atoms with E-state index < -0.39 is 0 Å². The lowest BCUT2D eigenvalue weighted by Crippen LogP contribution is -2.37. The quantitative estimate of drug-likeness (QED) is 0.837. The summed E-state index contributed by atoms with van der Waals surface area (Å²) in [6.07, 6.45) is 6.91. The third-order valence-corrected chi connectivity index (χ3v) is 6.64. The van der Waals surface area contributed by atoms with E-state index in [0.717, 1.165) is 43.6 Å². The molecule has 29 heavy (non-hydrogen) atoms. The highest BCUT2D eigenvalue weighted by atomic mass is 16.2. The minimum absolute atomic E-state index is 0.0320. The predicted octanol–water partition coefficient (Wildman–Crippen LogP) is 4.48. The lowest BCUT2D eigenvalue weighted by atomic mass is 9.95. The van der Waals surface area contributed by atoms with Gasteiger partial charge in [0.1, 0.15) is 11.9 Å². The number of fused-ring (bicyclic) bond motifs is 1. The Hall–Kier alpha value is -2.58. The monoisotopic (exact) mass is 390 g/mol. The van der Waals surface area contributed by atoms with Gasteiger partial charge in [-0.1, -0.05) is 43.5 Å². The second-order valence-electron chi connectivity index (χ2n) is 8.49. The fourth-order valence-electron chi connectivity index (χ4n) is 4.95. The summed E-state index contributed by atoms with van der Waals surface area (Å²) in [4.78, 5) is 15.1. The van der Waals surface area contributed by atoms with Crippen molar-refractivity contribution in [2.24, 2.45) is 0 Å². The fraction of sp³-hybridized carbons (Fsp3) is 0.500. The topological polar surface area (TPSA) is 61.1 Å². The van der Waals surface area contributed by atoms with Crippen LogP contribution in [-0.4, -0.2) is 28.5 Å². The van der Waals surface area contributed by atoms with Crippen LogP contribution in [0.5, 0.6) is 0 Å². The Kier molecular flexibility index (Phi) is 5.73. The largest absolute Gasteiger partial charge is 0.327 e. The predicted molar refractivity (Wildman–Crippen MR) is 115 cm³/mol. The van der Waals surface area contributed by atoms with Gasteiger partial charge in [0.05, 0.1) is 12.1 Å². The summed E-state index contributed by atoms with van der Waals surface area (Å²) in [6.45, 7) is 6.10. The molecule has 1 aliphatic heterocycles. The third kappa shape index (κ3) is 3.95. The number of nitriles is 1. The van der Waals surface area contributed by atoms with Gasteiger partial charge in [-0.25, -0.2) is 0 Å². The van der Waals surface area contributed by atoms with Crippen LogP contribution in [0.1, 0.15) is 66.1 Å². The molecule has 0 unspecified atom stereocenters. The maximum atomic E-state index is 12.9. The Morgan fingerprint density at radius 3 is 2.62 bits per heavy atom. The van der Waals surface area contributed by atoms with Crippen LogP contribution in [0.15, 0.2) is 24.3 Å². The third-order valence-electron chi connectivity index (χ3n) is 6.64. The zero-order valence-electron chi connectivity index (χ0n) is 17.5. The van der Waals surface area contributed by atoms with Crippen LogP contribution in [0, 0.1) is 25.2 Å². The van der Waals surface area contributed by atoms with E-state index in [9.17, 15) is 10.1 Å². The SMILES string of the molecule is Cc1c(C#N)c(NC(=O)CN2CCc3ccccc3C2)n(C2CCCCC2)c1C. The van der Waals surface area contributed by atoms with Gasteiger partial charge in [-0.05, 0) is 49.8 Å². The van der Waals surface area contributed by atoms with Gasteiger partial charge in [-0.2, -0.15) is 5.26 Å². The Morgan fingerprint density at radius 1 is 1.17 bits per heavy atom. The number of amides is 1. The average molecular weight is 391 g/mol. The number of hydrogen-bond acceptors (Lipinski definition) is 3. The van der Waals surface area contributed by atoms with Crippen molar-refractivity contribution in [3.63, 3.8) is 0 Å². The molecule has 0 atom stereocenters. The molecule has 1 aromatic heterocycles. The van der Waals surface area contributed by atoms with E-state index in [4.69, 9.17) is 0 Å². The molecule has 1 amide bonds. The summed E-state index contributed by atoms with van der Waals surface area (Å²) in [5, 5.41) is 12.9. The maximum absolute atomic E-state index is 12.9. The molecule has 2 aliphatic rings. The normalized spacial score (nSPS) is 17.6. The van der Waals surface area contributed by atoms with Crippen LogP contribution in [0.2, 0.25) is 0 Å². The summed E-state index contributed by atoms with van der Waals surface area (Å²) in [5.41, 5.74) is 5.40. The van der Waals surface area contributed by atoms with Crippen molar-refractivity contribution in [1.29, 1.82) is 5.26 Å². The number of carbonyl (C=O) groups excluding carboxylic acids is 1. The van der Waals surface area contributed by atoms with Gasteiger partial charge in [0, 0.05) is 24.8 Å². The molecule has 5 heteroatoms. The van der Waals surface area contributed by atoms with Crippen LogP contribution in [0.25, 0.3) is 0 Å². The van der Waals surface area contributed by atoms with Gasteiger partial charge in [-0.3, -0.25) is 9.69 Å². The summed E-state index contributed by atoms with van der Waals surface area (Å²) in [5.74, 6) is 0.673. The number of benzene rings is 1. The Balaban J connectivity index is 1.52. The van der Waals surface area contributed by atoms with Crippen molar-refractivity contribution in [2.45, 2.75) is 65.0 Å². The minimum Gasteiger partial charge on any atom is -0.327 e. The van der Waals surface area contributed by atoms with E-state index in [1.165, 1.54) is 30.4 Å². The van der Waals surface area contributed by atoms with Gasteiger partial charge >= 0.3 is 0 Å². The number of nitrogens with one attached hydrogen (secondary N) is 1. The number of carbonyl (C=O) groups is 1. The van der Waals surface area contributed by atoms with Gasteiger partial charge in [0.2, 0.25) is 5.91 Å². The Morgan fingerprint density at radius 2 is 1.90 bits per heavy atom. The number of nitrogens with zero attached hydrogens (tertiary/aromatic N) is 3. The molecule has 1 aliphatic carbocycles. The van der Waals surface area contributed by atoms with Gasteiger partial charge in [-0.15, -0.1) is 0 Å². The number of hydrogen-bond donors (Lipinski definition) is 1. The average Bonchev–Trinajstić information content (AvgIpc) is 2.97. The highest BCUT2D eigenvalue weighted by Crippen LogP contribution is 2.36. The lowest BCUT2D eigenvalue weighted by Gasteiger charge is -2.29. The van der Waals surface area contributed by atoms with E-state index in [2.05, 4.69) is 52.0 Å². The molecule has 2 heterocycles. The molecule has 1 N–H and O–H groups in total. The van der Waals surface area contributed by atoms with E-state index >= 15 is 0 Å². The van der Waals surface area contributed by atoms with Crippen LogP contribution in [-0.2, 0) is 17.8 Å². The van der Waals surface area contributed by atoms with Crippen LogP contribution < -0.4 is 5.32 Å². The molecule has 1 fully saturated rings. The number of rotatable bonds is 4. The van der Waals surface area contributed by atoms with E-state index in [-0.39, 0.29) is 5.91 Å². The molecule has 0 radical (unpaired) electrons.